The fraction of sp³-hybridized carbons (Fsp3) is 0.458. The Labute approximate surface area is 204 Å². The summed E-state index contributed by atoms with van der Waals surface area (Å²) in [5.41, 5.74) is 1.02. The van der Waals surface area contributed by atoms with Crippen LogP contribution in [0, 0.1) is 6.92 Å². The molecule has 0 spiro atoms. The minimum Gasteiger partial charge on any atom is -0.444 e. The van der Waals surface area contributed by atoms with Gasteiger partial charge in [0.15, 0.2) is 0 Å². The number of hydrogen-bond acceptors (Lipinski definition) is 8. The number of carbonyl (C=O) groups is 1. The molecule has 3 aromatic rings. The van der Waals surface area contributed by atoms with Gasteiger partial charge in [-0.15, -0.1) is 0 Å². The fourth-order valence-electron chi connectivity index (χ4n) is 3.62. The highest BCUT2D eigenvalue weighted by Crippen LogP contribution is 2.26. The molecule has 1 radical (unpaired) electrons. The van der Waals surface area contributed by atoms with Gasteiger partial charge in [-0.1, -0.05) is 0 Å². The molecular formula is C24H32N7O4. The first kappa shape index (κ1) is 25.9. The summed E-state index contributed by atoms with van der Waals surface area (Å²) >= 11 is 0. The predicted molar refractivity (Wildman–Crippen MR) is 131 cm³/mol. The zero-order valence-electron chi connectivity index (χ0n) is 21.2. The third kappa shape index (κ3) is 6.66. The molecule has 1 unspecified atom stereocenters. The summed E-state index contributed by atoms with van der Waals surface area (Å²) in [5, 5.41) is 10.1. The summed E-state index contributed by atoms with van der Waals surface area (Å²) in [6, 6.07) is 3.52. The van der Waals surface area contributed by atoms with Crippen molar-refractivity contribution in [2.45, 2.75) is 52.3 Å². The van der Waals surface area contributed by atoms with Gasteiger partial charge in [-0.25, -0.2) is 14.8 Å². The first-order valence-corrected chi connectivity index (χ1v) is 11.1. The highest BCUT2D eigenvalue weighted by Gasteiger charge is 2.31. The fourth-order valence-corrected chi connectivity index (χ4v) is 3.62. The summed E-state index contributed by atoms with van der Waals surface area (Å²) in [7, 11) is 3.36. The quantitative estimate of drug-likeness (QED) is 0.477. The van der Waals surface area contributed by atoms with Crippen molar-refractivity contribution >= 4 is 24.1 Å². The number of hydrogen-bond donors (Lipinski definition) is 2. The van der Waals surface area contributed by atoms with E-state index < -0.39 is 17.2 Å². The average molecular weight is 483 g/mol. The van der Waals surface area contributed by atoms with Gasteiger partial charge in [0.2, 0.25) is 5.95 Å². The molecule has 3 rings (SSSR count). The van der Waals surface area contributed by atoms with Crippen molar-refractivity contribution in [1.29, 1.82) is 0 Å². The minimum absolute atomic E-state index is 0.198. The van der Waals surface area contributed by atoms with Crippen LogP contribution < -0.4 is 10.6 Å². The lowest BCUT2D eigenvalue weighted by molar-refractivity contribution is 0.0357. The standard InChI is InChI=1S/C24H32N7O4/c1-16-11-25-21(27-19-8-9-26-30(19)6)28-20(16)17-10-18(13-32)31(12-17)14-24(5,15-34-7)29-22(33)35-23(2,3)4/h8-12H,14-15H2,1-7H3,(H,29,33)(H,25,27,28). The molecule has 0 saturated heterocycles. The smallest absolute Gasteiger partial charge is 0.408 e. The van der Waals surface area contributed by atoms with Crippen LogP contribution in [0.2, 0.25) is 0 Å². The van der Waals surface area contributed by atoms with E-state index in [1.807, 2.05) is 33.2 Å². The van der Waals surface area contributed by atoms with Gasteiger partial charge in [0, 0.05) is 44.7 Å². The lowest BCUT2D eigenvalue weighted by atomic mass is 10.0. The van der Waals surface area contributed by atoms with Gasteiger partial charge < -0.3 is 24.7 Å². The van der Waals surface area contributed by atoms with Gasteiger partial charge in [-0.3, -0.25) is 9.48 Å². The molecular weight excluding hydrogens is 450 g/mol. The number of rotatable bonds is 9. The van der Waals surface area contributed by atoms with Crippen LogP contribution in [0.15, 0.2) is 30.7 Å². The molecule has 0 aromatic carbocycles. The first-order valence-electron chi connectivity index (χ1n) is 11.1. The van der Waals surface area contributed by atoms with E-state index in [9.17, 15) is 9.59 Å². The number of nitrogens with one attached hydrogen (secondary N) is 2. The molecule has 3 aromatic heterocycles. The highest BCUT2D eigenvalue weighted by molar-refractivity contribution is 5.78. The summed E-state index contributed by atoms with van der Waals surface area (Å²) in [6.07, 6.45) is 6.59. The Kier molecular flexibility index (Phi) is 7.59. The number of alkyl carbamates (subject to hydrolysis) is 1. The van der Waals surface area contributed by atoms with Crippen LogP contribution in [-0.4, -0.2) is 61.6 Å². The molecule has 187 valence electrons. The van der Waals surface area contributed by atoms with Crippen LogP contribution in [0.25, 0.3) is 11.3 Å². The first-order chi connectivity index (χ1) is 16.4. The van der Waals surface area contributed by atoms with Gasteiger partial charge in [0.1, 0.15) is 11.4 Å². The maximum atomic E-state index is 12.5. The summed E-state index contributed by atoms with van der Waals surface area (Å²) in [6.45, 7) is 9.53. The van der Waals surface area contributed by atoms with Crippen molar-refractivity contribution in [3.63, 3.8) is 0 Å². The van der Waals surface area contributed by atoms with E-state index >= 15 is 0 Å². The van der Waals surface area contributed by atoms with E-state index in [4.69, 9.17) is 9.47 Å². The Balaban J connectivity index is 1.89. The van der Waals surface area contributed by atoms with Crippen molar-refractivity contribution in [3.8, 4) is 11.3 Å². The van der Waals surface area contributed by atoms with Gasteiger partial charge in [0.05, 0.1) is 29.7 Å². The molecule has 1 amide bonds. The van der Waals surface area contributed by atoms with Crippen molar-refractivity contribution in [2.24, 2.45) is 7.05 Å². The summed E-state index contributed by atoms with van der Waals surface area (Å²) in [4.78, 5) is 33.2. The molecule has 11 nitrogen and oxygen atoms in total. The predicted octanol–water partition coefficient (Wildman–Crippen LogP) is 3.12. The number of carbonyl (C=O) groups excluding carboxylic acids is 2. The maximum absolute atomic E-state index is 12.5. The van der Waals surface area contributed by atoms with Crippen LogP contribution >= 0.6 is 0 Å². The molecule has 35 heavy (non-hydrogen) atoms. The molecule has 0 aliphatic rings. The lowest BCUT2D eigenvalue weighted by Crippen LogP contribution is -2.53. The molecule has 2 N–H and O–H groups in total. The second-order valence-electron chi connectivity index (χ2n) is 9.65. The number of nitrogens with zero attached hydrogens (tertiary/aromatic N) is 5. The molecule has 1 atom stereocenters. The Morgan fingerprint density at radius 2 is 2.00 bits per heavy atom. The third-order valence-corrected chi connectivity index (χ3v) is 5.09. The molecule has 0 fully saturated rings. The van der Waals surface area contributed by atoms with E-state index in [1.54, 1.807) is 61.8 Å². The zero-order chi connectivity index (χ0) is 25.8. The van der Waals surface area contributed by atoms with Gasteiger partial charge in [-0.05, 0) is 46.2 Å². The van der Waals surface area contributed by atoms with Gasteiger partial charge in [-0.2, -0.15) is 5.10 Å². The second kappa shape index (κ2) is 10.3. The monoisotopic (exact) mass is 482 g/mol. The number of methoxy groups -OCH3 is 1. The molecule has 0 aliphatic heterocycles. The topological polar surface area (TPSA) is 125 Å². The van der Waals surface area contributed by atoms with Crippen LogP contribution in [0.3, 0.4) is 0 Å². The Morgan fingerprint density at radius 1 is 1.26 bits per heavy atom. The van der Waals surface area contributed by atoms with E-state index in [-0.39, 0.29) is 13.2 Å². The SMILES string of the molecule is COCC(C)(Cn1cc(-c2nc(Nc3ccnn3C)ncc2C)cc1[C]=O)NC(=O)OC(C)(C)C. The van der Waals surface area contributed by atoms with Crippen molar-refractivity contribution < 1.29 is 19.1 Å². The second-order valence-corrected chi connectivity index (χ2v) is 9.65. The van der Waals surface area contributed by atoms with Crippen LogP contribution in [0.4, 0.5) is 16.6 Å². The normalized spacial score (nSPS) is 13.2. The lowest BCUT2D eigenvalue weighted by Gasteiger charge is -2.32. The molecule has 0 saturated carbocycles. The van der Waals surface area contributed by atoms with Crippen LogP contribution in [-0.2, 0) is 27.9 Å². The number of aromatic nitrogens is 5. The van der Waals surface area contributed by atoms with Crippen molar-refractivity contribution in [1.82, 2.24) is 29.6 Å². The van der Waals surface area contributed by atoms with E-state index in [0.29, 0.717) is 22.9 Å². The minimum atomic E-state index is -0.855. The number of anilines is 2. The van der Waals surface area contributed by atoms with E-state index in [0.717, 1.165) is 11.4 Å². The highest BCUT2D eigenvalue weighted by atomic mass is 16.6. The van der Waals surface area contributed by atoms with Crippen LogP contribution in [0.5, 0.6) is 0 Å². The number of ether oxygens (including phenoxy) is 2. The largest absolute Gasteiger partial charge is 0.444 e. The molecule has 0 aliphatic carbocycles. The summed E-state index contributed by atoms with van der Waals surface area (Å²) < 4.78 is 14.1. The van der Waals surface area contributed by atoms with Gasteiger partial charge in [0.25, 0.3) is 6.29 Å². The van der Waals surface area contributed by atoms with Gasteiger partial charge >= 0.3 is 6.09 Å². The average Bonchev–Trinajstić information content (AvgIpc) is 3.33. The van der Waals surface area contributed by atoms with E-state index in [1.165, 1.54) is 0 Å². The van der Waals surface area contributed by atoms with Crippen molar-refractivity contribution in [3.05, 3.63) is 42.0 Å². The Morgan fingerprint density at radius 3 is 2.60 bits per heavy atom. The zero-order valence-corrected chi connectivity index (χ0v) is 21.2. The van der Waals surface area contributed by atoms with E-state index in [2.05, 4.69) is 25.7 Å². The molecule has 11 heteroatoms. The van der Waals surface area contributed by atoms with Crippen LogP contribution in [0.1, 0.15) is 39.0 Å². The number of aryl methyl sites for hydroxylation is 2. The van der Waals surface area contributed by atoms with Crippen molar-refractivity contribution in [2.75, 3.05) is 19.0 Å². The summed E-state index contributed by atoms with van der Waals surface area (Å²) in [5.74, 6) is 1.14. The number of amides is 1. The Hall–Kier alpha value is -3.73. The maximum Gasteiger partial charge on any atom is 0.408 e. The molecule has 0 bridgehead atoms. The molecule has 3 heterocycles. The Bertz CT molecular complexity index is 1190. The third-order valence-electron chi connectivity index (χ3n) is 5.09.